The van der Waals surface area contributed by atoms with E-state index in [1.165, 1.54) is 6.07 Å². The Kier molecular flexibility index (Phi) is 7.58. The highest BCUT2D eigenvalue weighted by Crippen LogP contribution is 2.31. The predicted octanol–water partition coefficient (Wildman–Crippen LogP) is 2.46. The molecule has 24 heavy (non-hydrogen) atoms. The van der Waals surface area contributed by atoms with Crippen LogP contribution in [0.15, 0.2) is 12.1 Å². The summed E-state index contributed by atoms with van der Waals surface area (Å²) in [7, 11) is -3.59. The summed E-state index contributed by atoms with van der Waals surface area (Å²) in [5.74, 6) is 0. The first-order valence-electron chi connectivity index (χ1n) is 6.71. The molecule has 0 saturated heterocycles. The number of rotatable bonds is 9. The lowest BCUT2D eigenvalue weighted by atomic mass is 10.1. The number of carbonyl (C=O) groups is 1. The summed E-state index contributed by atoms with van der Waals surface area (Å²) < 4.78 is 26.9. The fourth-order valence-electron chi connectivity index (χ4n) is 2.17. The van der Waals surface area contributed by atoms with Gasteiger partial charge in [0, 0.05) is 30.6 Å². The van der Waals surface area contributed by atoms with Crippen LogP contribution in [0, 0.1) is 17.0 Å². The van der Waals surface area contributed by atoms with Crippen LogP contribution in [0.5, 0.6) is 0 Å². The van der Waals surface area contributed by atoms with Crippen molar-refractivity contribution in [2.45, 2.75) is 6.92 Å². The van der Waals surface area contributed by atoms with E-state index in [1.54, 1.807) is 11.8 Å². The molecule has 0 radical (unpaired) electrons. The van der Waals surface area contributed by atoms with Gasteiger partial charge in [-0.25, -0.2) is 0 Å². The molecule has 0 aliphatic carbocycles. The molecule has 0 aliphatic rings. The van der Waals surface area contributed by atoms with Gasteiger partial charge < -0.3 is 4.90 Å². The number of alkyl halides is 1. The Morgan fingerprint density at radius 1 is 1.42 bits per heavy atom. The molecular weight excluding hydrogens is 428 g/mol. The predicted molar refractivity (Wildman–Crippen MR) is 94.8 cm³/mol. The summed E-state index contributed by atoms with van der Waals surface area (Å²) in [6, 6.07) is 2.44. The maximum absolute atomic E-state index is 11.7. The fourth-order valence-corrected chi connectivity index (χ4v) is 3.12. The van der Waals surface area contributed by atoms with E-state index >= 15 is 0 Å². The minimum Gasteiger partial charge on any atom is -0.367 e. The molecule has 134 valence electrons. The minimum atomic E-state index is -3.59. The zero-order valence-electron chi connectivity index (χ0n) is 13.0. The van der Waals surface area contributed by atoms with Gasteiger partial charge in [-0.1, -0.05) is 15.9 Å². The number of nitrogens with zero attached hydrogens (tertiary/aromatic N) is 2. The lowest BCUT2D eigenvalue weighted by Gasteiger charge is -2.27. The number of non-ortho nitro benzene ring substituents is 1. The number of halogens is 2. The number of hydrogen-bond acceptors (Lipinski definition) is 7. The fraction of sp³-hybridized carbons (Fsp3) is 0.462. The first kappa shape index (κ1) is 20.8. The Morgan fingerprint density at radius 3 is 2.50 bits per heavy atom. The molecule has 0 fully saturated rings. The summed E-state index contributed by atoms with van der Waals surface area (Å²) in [5, 5.41) is 10.7. The quantitative estimate of drug-likeness (QED) is 0.190. The summed E-state index contributed by atoms with van der Waals surface area (Å²) in [6.45, 7) is 2.07. The molecule has 0 amide bonds. The largest absolute Gasteiger partial charge is 0.367 e. The van der Waals surface area contributed by atoms with Crippen LogP contribution in [0.1, 0.15) is 15.9 Å². The van der Waals surface area contributed by atoms with E-state index in [1.807, 2.05) is 0 Å². The van der Waals surface area contributed by atoms with Gasteiger partial charge in [0.1, 0.15) is 0 Å². The van der Waals surface area contributed by atoms with E-state index in [9.17, 15) is 23.3 Å². The molecule has 0 spiro atoms. The third kappa shape index (κ3) is 6.00. The van der Waals surface area contributed by atoms with Crippen molar-refractivity contribution in [3.8, 4) is 0 Å². The normalized spacial score (nSPS) is 11.3. The lowest BCUT2D eigenvalue weighted by Crippen LogP contribution is -2.31. The van der Waals surface area contributed by atoms with Gasteiger partial charge >= 0.3 is 0 Å². The van der Waals surface area contributed by atoms with Gasteiger partial charge in [-0.05, 0) is 24.1 Å². The third-order valence-electron chi connectivity index (χ3n) is 3.04. The summed E-state index contributed by atoms with van der Waals surface area (Å²) in [4.78, 5) is 23.8. The van der Waals surface area contributed by atoms with Gasteiger partial charge in [-0.15, -0.1) is 0 Å². The maximum atomic E-state index is 11.7. The highest BCUT2D eigenvalue weighted by Gasteiger charge is 2.22. The van der Waals surface area contributed by atoms with Crippen molar-refractivity contribution >= 4 is 54.3 Å². The topological polar surface area (TPSA) is 107 Å². The smallest absolute Gasteiger partial charge is 0.270 e. The molecule has 0 unspecified atom stereocenters. The molecule has 11 heteroatoms. The Labute approximate surface area is 153 Å². The van der Waals surface area contributed by atoms with Crippen LogP contribution in [0.25, 0.3) is 0 Å². The Morgan fingerprint density at radius 2 is 2.04 bits per heavy atom. The van der Waals surface area contributed by atoms with Crippen LogP contribution in [-0.2, 0) is 14.3 Å². The van der Waals surface area contributed by atoms with E-state index in [2.05, 4.69) is 15.9 Å². The Hall–Kier alpha value is -1.23. The van der Waals surface area contributed by atoms with Crippen molar-refractivity contribution < 1.29 is 22.3 Å². The van der Waals surface area contributed by atoms with Crippen molar-refractivity contribution in [1.29, 1.82) is 0 Å². The zero-order chi connectivity index (χ0) is 18.5. The van der Waals surface area contributed by atoms with Crippen LogP contribution in [-0.4, -0.2) is 49.9 Å². The Bertz CT molecular complexity index is 740. The van der Waals surface area contributed by atoms with Gasteiger partial charge in [0.05, 0.1) is 29.0 Å². The van der Waals surface area contributed by atoms with Gasteiger partial charge in [0.25, 0.3) is 21.0 Å². The van der Waals surface area contributed by atoms with Crippen molar-refractivity contribution in [2.24, 2.45) is 0 Å². The first-order chi connectivity index (χ1) is 11.1. The number of benzene rings is 1. The molecule has 0 atom stereocenters. The molecule has 1 aromatic carbocycles. The molecule has 1 rings (SSSR count). The highest BCUT2D eigenvalue weighted by atomic mass is 79.9. The Balaban J connectivity index is 3.26. The van der Waals surface area contributed by atoms with Gasteiger partial charge in [0.2, 0.25) is 0 Å². The van der Waals surface area contributed by atoms with E-state index in [-0.39, 0.29) is 24.4 Å². The average molecular weight is 444 g/mol. The molecule has 0 N–H and O–H groups in total. The number of carbonyl (C=O) groups excluding carboxylic acids is 1. The molecule has 0 aliphatic heterocycles. The second-order valence-corrected chi connectivity index (χ2v) is 7.67. The SMILES string of the molecule is Cc1cc([N+](=O)[O-])cc(C(=O)Cl)c1N(CCBr)CCOS(C)(=O)=O. The monoisotopic (exact) mass is 442 g/mol. The second kappa shape index (κ2) is 8.75. The average Bonchev–Trinajstić information content (AvgIpc) is 2.44. The van der Waals surface area contributed by atoms with Crippen molar-refractivity contribution in [1.82, 2.24) is 0 Å². The lowest BCUT2D eigenvalue weighted by molar-refractivity contribution is -0.384. The van der Waals surface area contributed by atoms with E-state index in [4.69, 9.17) is 15.8 Å². The number of nitro groups is 1. The molecule has 0 heterocycles. The number of nitro benzene ring substituents is 1. The van der Waals surface area contributed by atoms with Gasteiger partial charge in [-0.2, -0.15) is 8.42 Å². The molecular formula is C13H16BrClN2O6S. The van der Waals surface area contributed by atoms with Crippen LogP contribution < -0.4 is 4.90 Å². The summed E-state index contributed by atoms with van der Waals surface area (Å²) in [5.41, 5.74) is 0.640. The van der Waals surface area contributed by atoms with E-state index in [0.717, 1.165) is 12.3 Å². The van der Waals surface area contributed by atoms with Crippen LogP contribution in [0.3, 0.4) is 0 Å². The minimum absolute atomic E-state index is 0.0105. The van der Waals surface area contributed by atoms with Crippen molar-refractivity contribution in [3.05, 3.63) is 33.4 Å². The van der Waals surface area contributed by atoms with Crippen LogP contribution in [0.4, 0.5) is 11.4 Å². The van der Waals surface area contributed by atoms with E-state index in [0.29, 0.717) is 23.1 Å². The molecule has 0 bridgehead atoms. The van der Waals surface area contributed by atoms with Gasteiger partial charge in [0.15, 0.2) is 0 Å². The number of hydrogen-bond donors (Lipinski definition) is 0. The van der Waals surface area contributed by atoms with E-state index < -0.39 is 20.3 Å². The highest BCUT2D eigenvalue weighted by molar-refractivity contribution is 9.09. The summed E-state index contributed by atoms with van der Waals surface area (Å²) >= 11 is 8.86. The second-order valence-electron chi connectivity index (χ2n) is 4.89. The maximum Gasteiger partial charge on any atom is 0.270 e. The third-order valence-corrected chi connectivity index (χ3v) is 4.19. The van der Waals surface area contributed by atoms with Crippen molar-refractivity contribution in [3.63, 3.8) is 0 Å². The standard InChI is InChI=1S/C13H16BrClN2O6S/c1-9-7-10(17(19)20)8-11(13(15)18)12(9)16(4-3-14)5-6-23-24(2,21)22/h7-8H,3-6H2,1-2H3. The summed E-state index contributed by atoms with van der Waals surface area (Å²) in [6.07, 6.45) is 0.937. The molecule has 8 nitrogen and oxygen atoms in total. The van der Waals surface area contributed by atoms with Crippen LogP contribution >= 0.6 is 27.5 Å². The van der Waals surface area contributed by atoms with Crippen molar-refractivity contribution in [2.75, 3.05) is 36.2 Å². The van der Waals surface area contributed by atoms with Gasteiger partial charge in [-0.3, -0.25) is 19.1 Å². The number of anilines is 1. The molecule has 0 aromatic heterocycles. The molecule has 1 aromatic rings. The first-order valence-corrected chi connectivity index (χ1v) is 10.0. The number of aryl methyl sites for hydroxylation is 1. The molecule has 0 saturated carbocycles. The van der Waals surface area contributed by atoms with Crippen LogP contribution in [0.2, 0.25) is 0 Å². The zero-order valence-corrected chi connectivity index (χ0v) is 16.1.